The highest BCUT2D eigenvalue weighted by Crippen LogP contribution is 2.00. The summed E-state index contributed by atoms with van der Waals surface area (Å²) in [6.07, 6.45) is 4.96. The van der Waals surface area contributed by atoms with E-state index in [1.165, 1.54) is 11.0 Å². The average Bonchev–Trinajstić information content (AvgIpc) is 2.88. The molecule has 17 heavy (non-hydrogen) atoms. The number of carbonyl (C=O) groups is 1. The van der Waals surface area contributed by atoms with Crippen LogP contribution < -0.4 is 5.32 Å². The van der Waals surface area contributed by atoms with Crippen molar-refractivity contribution in [3.63, 3.8) is 0 Å². The van der Waals surface area contributed by atoms with Gasteiger partial charge in [0.15, 0.2) is 5.82 Å². The zero-order chi connectivity index (χ0) is 12.3. The van der Waals surface area contributed by atoms with Gasteiger partial charge in [0, 0.05) is 6.20 Å². The van der Waals surface area contributed by atoms with Gasteiger partial charge >= 0.3 is 0 Å². The molecule has 0 aliphatic rings. The minimum Gasteiger partial charge on any atom is -0.328 e. The topological polar surface area (TPSA) is 77.6 Å². The number of nitrogens with one attached hydrogen (secondary N) is 1. The molecule has 0 bridgehead atoms. The van der Waals surface area contributed by atoms with Crippen LogP contribution in [-0.2, 0) is 17.9 Å². The molecule has 0 atom stereocenters. The molecule has 0 saturated heterocycles. The third-order valence-electron chi connectivity index (χ3n) is 2.18. The van der Waals surface area contributed by atoms with Gasteiger partial charge in [-0.05, 0) is 13.8 Å². The zero-order valence-corrected chi connectivity index (χ0v) is 9.79. The van der Waals surface area contributed by atoms with Crippen LogP contribution in [0, 0.1) is 6.92 Å². The highest BCUT2D eigenvalue weighted by atomic mass is 16.2. The summed E-state index contributed by atoms with van der Waals surface area (Å²) in [6.45, 7) is 4.71. The number of hydrogen-bond acceptors (Lipinski definition) is 4. The van der Waals surface area contributed by atoms with Gasteiger partial charge in [-0.25, -0.2) is 4.98 Å². The summed E-state index contributed by atoms with van der Waals surface area (Å²) in [7, 11) is 0. The van der Waals surface area contributed by atoms with E-state index in [0.717, 1.165) is 5.69 Å². The molecule has 1 amide bonds. The quantitative estimate of drug-likeness (QED) is 0.832. The third kappa shape index (κ3) is 2.90. The number of imidazole rings is 1. The Morgan fingerprint density at radius 2 is 2.35 bits per heavy atom. The van der Waals surface area contributed by atoms with E-state index in [9.17, 15) is 4.79 Å². The molecule has 0 aromatic carbocycles. The van der Waals surface area contributed by atoms with Gasteiger partial charge in [-0.15, -0.1) is 5.10 Å². The number of aryl methyl sites for hydroxylation is 2. The van der Waals surface area contributed by atoms with Crippen molar-refractivity contribution in [2.45, 2.75) is 26.9 Å². The largest absolute Gasteiger partial charge is 0.328 e. The first-order chi connectivity index (χ1) is 8.17. The minimum atomic E-state index is -0.148. The number of nitrogens with zero attached hydrogens (tertiary/aromatic N) is 5. The predicted octanol–water partition coefficient (Wildman–Crippen LogP) is 0.442. The summed E-state index contributed by atoms with van der Waals surface area (Å²) in [6, 6.07) is 0. The van der Waals surface area contributed by atoms with E-state index in [1.54, 1.807) is 10.9 Å². The zero-order valence-electron chi connectivity index (χ0n) is 9.79. The molecule has 0 radical (unpaired) electrons. The lowest BCUT2D eigenvalue weighted by atomic mass is 10.5. The molecule has 0 aliphatic carbocycles. The highest BCUT2D eigenvalue weighted by Gasteiger charge is 2.06. The molecule has 0 fully saturated rings. The van der Waals surface area contributed by atoms with Crippen LogP contribution in [0.2, 0.25) is 0 Å². The van der Waals surface area contributed by atoms with Gasteiger partial charge in [0.2, 0.25) is 5.91 Å². The monoisotopic (exact) mass is 234 g/mol. The third-order valence-corrected chi connectivity index (χ3v) is 2.18. The molecule has 2 aromatic rings. The van der Waals surface area contributed by atoms with Crippen molar-refractivity contribution in [3.8, 4) is 0 Å². The maximum Gasteiger partial charge on any atom is 0.245 e. The van der Waals surface area contributed by atoms with Gasteiger partial charge in [0.1, 0.15) is 6.54 Å². The first-order valence-electron chi connectivity index (χ1n) is 5.35. The lowest BCUT2D eigenvalue weighted by Crippen LogP contribution is -2.18. The summed E-state index contributed by atoms with van der Waals surface area (Å²) in [5.74, 6) is 0.319. The Morgan fingerprint density at radius 3 is 2.94 bits per heavy atom. The number of amides is 1. The van der Waals surface area contributed by atoms with Gasteiger partial charge in [-0.2, -0.15) is 9.90 Å². The van der Waals surface area contributed by atoms with Crippen molar-refractivity contribution >= 4 is 11.7 Å². The number of carbonyl (C=O) groups excluding carboxylic acids is 1. The molecule has 7 heteroatoms. The first kappa shape index (κ1) is 11.3. The van der Waals surface area contributed by atoms with Gasteiger partial charge < -0.3 is 9.88 Å². The van der Waals surface area contributed by atoms with E-state index in [-0.39, 0.29) is 12.5 Å². The summed E-state index contributed by atoms with van der Waals surface area (Å²) in [5.41, 5.74) is 0.884. The second-order valence-corrected chi connectivity index (χ2v) is 3.65. The van der Waals surface area contributed by atoms with Crippen LogP contribution in [0.3, 0.4) is 0 Å². The maximum absolute atomic E-state index is 11.7. The van der Waals surface area contributed by atoms with E-state index in [4.69, 9.17) is 0 Å². The number of anilines is 1. The molecular weight excluding hydrogens is 220 g/mol. The van der Waals surface area contributed by atoms with Gasteiger partial charge in [-0.1, -0.05) is 0 Å². The van der Waals surface area contributed by atoms with Crippen LogP contribution in [0.25, 0.3) is 0 Å². The van der Waals surface area contributed by atoms with Crippen LogP contribution in [0.5, 0.6) is 0 Å². The fourth-order valence-corrected chi connectivity index (χ4v) is 1.41. The molecule has 2 heterocycles. The average molecular weight is 234 g/mol. The molecular formula is C10H14N6O. The molecule has 0 aliphatic heterocycles. The van der Waals surface area contributed by atoms with E-state index in [0.29, 0.717) is 12.4 Å². The molecule has 7 nitrogen and oxygen atoms in total. The van der Waals surface area contributed by atoms with Gasteiger partial charge in [-0.3, -0.25) is 4.79 Å². The number of rotatable bonds is 4. The Morgan fingerprint density at radius 1 is 1.53 bits per heavy atom. The Labute approximate surface area is 98.5 Å². The standard InChI is InChI=1S/C10H14N6O/c1-3-16-12-4-9(14-16)13-10(17)6-15-5-8(2)11-7-15/h4-5,7H,3,6H2,1-2H3,(H,13,14,17). The van der Waals surface area contributed by atoms with Crippen molar-refractivity contribution in [2.75, 3.05) is 5.32 Å². The minimum absolute atomic E-state index is 0.148. The molecule has 2 rings (SSSR count). The Hall–Kier alpha value is -2.18. The lowest BCUT2D eigenvalue weighted by Gasteiger charge is -2.01. The van der Waals surface area contributed by atoms with E-state index in [1.807, 2.05) is 20.0 Å². The normalized spacial score (nSPS) is 10.5. The van der Waals surface area contributed by atoms with Crippen LogP contribution in [0.15, 0.2) is 18.7 Å². The SMILES string of the molecule is CCn1ncc(NC(=O)Cn2cnc(C)c2)n1. The smallest absolute Gasteiger partial charge is 0.245 e. The molecule has 0 saturated carbocycles. The van der Waals surface area contributed by atoms with Crippen molar-refractivity contribution in [1.82, 2.24) is 24.5 Å². The fourth-order valence-electron chi connectivity index (χ4n) is 1.41. The fraction of sp³-hybridized carbons (Fsp3) is 0.400. The lowest BCUT2D eigenvalue weighted by molar-refractivity contribution is -0.116. The summed E-state index contributed by atoms with van der Waals surface area (Å²) in [5, 5.41) is 10.7. The van der Waals surface area contributed by atoms with Crippen LogP contribution in [0.1, 0.15) is 12.6 Å². The Bertz CT molecular complexity index is 514. The predicted molar refractivity (Wildman–Crippen MR) is 61.3 cm³/mol. The van der Waals surface area contributed by atoms with E-state index < -0.39 is 0 Å². The van der Waals surface area contributed by atoms with Gasteiger partial charge in [0.05, 0.1) is 24.8 Å². The first-order valence-corrected chi connectivity index (χ1v) is 5.35. The second kappa shape index (κ2) is 4.77. The second-order valence-electron chi connectivity index (χ2n) is 3.65. The number of hydrogen-bond donors (Lipinski definition) is 1. The summed E-state index contributed by atoms with van der Waals surface area (Å²) in [4.78, 5) is 17.2. The van der Waals surface area contributed by atoms with E-state index in [2.05, 4.69) is 20.5 Å². The van der Waals surface area contributed by atoms with Crippen molar-refractivity contribution in [1.29, 1.82) is 0 Å². The molecule has 0 spiro atoms. The Kier molecular flexibility index (Phi) is 3.17. The van der Waals surface area contributed by atoms with Crippen molar-refractivity contribution in [2.24, 2.45) is 0 Å². The Balaban J connectivity index is 1.93. The summed E-state index contributed by atoms with van der Waals surface area (Å²) >= 11 is 0. The summed E-state index contributed by atoms with van der Waals surface area (Å²) < 4.78 is 1.72. The highest BCUT2D eigenvalue weighted by molar-refractivity contribution is 5.89. The molecule has 1 N–H and O–H groups in total. The maximum atomic E-state index is 11.7. The van der Waals surface area contributed by atoms with Crippen molar-refractivity contribution in [3.05, 3.63) is 24.4 Å². The molecule has 2 aromatic heterocycles. The van der Waals surface area contributed by atoms with Gasteiger partial charge in [0.25, 0.3) is 0 Å². The molecule has 0 unspecified atom stereocenters. The van der Waals surface area contributed by atoms with Crippen LogP contribution in [0.4, 0.5) is 5.82 Å². The molecule has 90 valence electrons. The van der Waals surface area contributed by atoms with E-state index >= 15 is 0 Å². The number of aromatic nitrogens is 5. The van der Waals surface area contributed by atoms with Crippen LogP contribution in [-0.4, -0.2) is 30.5 Å². The van der Waals surface area contributed by atoms with Crippen molar-refractivity contribution < 1.29 is 4.79 Å². The van der Waals surface area contributed by atoms with Crippen LogP contribution >= 0.6 is 0 Å².